The number of likely N-dealkylation sites (tertiary alicyclic amines) is 1. The van der Waals surface area contributed by atoms with Crippen molar-refractivity contribution in [2.45, 2.75) is 31.3 Å². The molecule has 0 spiro atoms. The molecule has 142 valence electrons. The molecule has 2 aromatic rings. The summed E-state index contributed by atoms with van der Waals surface area (Å²) in [6, 6.07) is 6.52. The number of rotatable bonds is 5. The topological polar surface area (TPSA) is 88.5 Å². The van der Waals surface area contributed by atoms with E-state index >= 15 is 0 Å². The number of furan rings is 2. The van der Waals surface area contributed by atoms with Crippen LogP contribution in [-0.2, 0) is 14.3 Å². The summed E-state index contributed by atoms with van der Waals surface area (Å²) >= 11 is 0. The summed E-state index contributed by atoms with van der Waals surface area (Å²) in [5, 5.41) is 5.95. The average Bonchev–Trinajstić information content (AvgIpc) is 3.47. The lowest BCUT2D eigenvalue weighted by Gasteiger charge is -2.25. The molecule has 4 rings (SSSR count). The molecule has 2 aromatic heterocycles. The van der Waals surface area contributed by atoms with E-state index in [9.17, 15) is 9.59 Å². The highest BCUT2D eigenvalue weighted by Crippen LogP contribution is 2.33. The van der Waals surface area contributed by atoms with Crippen molar-refractivity contribution in [2.24, 2.45) is 5.10 Å². The molecule has 1 amide bonds. The molecule has 4 heterocycles. The van der Waals surface area contributed by atoms with E-state index in [1.54, 1.807) is 24.7 Å². The van der Waals surface area contributed by atoms with E-state index in [-0.39, 0.29) is 30.5 Å². The van der Waals surface area contributed by atoms with Crippen LogP contribution in [0.5, 0.6) is 0 Å². The fraction of sp³-hybridized carbons (Fsp3) is 0.421. The van der Waals surface area contributed by atoms with Crippen LogP contribution >= 0.6 is 0 Å². The SMILES string of the molecule is COC(=O)C1CCCN1CC(=O)N1N=C(c2ccco2)CC1c1ccco1. The summed E-state index contributed by atoms with van der Waals surface area (Å²) in [6.45, 7) is 0.783. The standard InChI is InChI=1S/C19H21N3O5/c1-25-19(24)14-5-2-8-21(14)12-18(23)22-15(17-7-4-10-27-17)11-13(20-22)16-6-3-9-26-16/h3-4,6-7,9-10,14-15H,2,5,8,11-12H2,1H3. The zero-order valence-electron chi connectivity index (χ0n) is 15.0. The molecule has 27 heavy (non-hydrogen) atoms. The summed E-state index contributed by atoms with van der Waals surface area (Å²) in [5.41, 5.74) is 0.695. The molecule has 2 aliphatic heterocycles. The third-order valence-corrected chi connectivity index (χ3v) is 5.02. The predicted molar refractivity (Wildman–Crippen MR) is 94.8 cm³/mol. The van der Waals surface area contributed by atoms with E-state index in [1.807, 2.05) is 17.0 Å². The molecule has 8 heteroatoms. The van der Waals surface area contributed by atoms with Crippen molar-refractivity contribution >= 4 is 17.6 Å². The van der Waals surface area contributed by atoms with Gasteiger partial charge in [0.2, 0.25) is 0 Å². The number of carbonyl (C=O) groups is 2. The second kappa shape index (κ2) is 7.40. The Labute approximate surface area is 156 Å². The van der Waals surface area contributed by atoms with Gasteiger partial charge in [-0.15, -0.1) is 0 Å². The zero-order chi connectivity index (χ0) is 18.8. The Morgan fingerprint density at radius 2 is 2.07 bits per heavy atom. The molecular weight excluding hydrogens is 350 g/mol. The largest absolute Gasteiger partial charge is 0.468 e. The maximum Gasteiger partial charge on any atom is 0.323 e. The summed E-state index contributed by atoms with van der Waals surface area (Å²) in [6.07, 6.45) is 5.22. The van der Waals surface area contributed by atoms with Gasteiger partial charge in [0, 0.05) is 6.42 Å². The minimum atomic E-state index is -0.378. The second-order valence-corrected chi connectivity index (χ2v) is 6.65. The fourth-order valence-electron chi connectivity index (χ4n) is 3.70. The number of methoxy groups -OCH3 is 1. The van der Waals surface area contributed by atoms with Crippen LogP contribution in [0, 0.1) is 0 Å². The highest BCUT2D eigenvalue weighted by Gasteiger charge is 2.39. The number of hydrazone groups is 1. The minimum Gasteiger partial charge on any atom is -0.468 e. The number of esters is 1. The molecule has 0 bridgehead atoms. The van der Waals surface area contributed by atoms with Crippen molar-refractivity contribution in [3.05, 3.63) is 48.3 Å². The van der Waals surface area contributed by atoms with E-state index < -0.39 is 0 Å². The van der Waals surface area contributed by atoms with Crippen molar-refractivity contribution in [3.8, 4) is 0 Å². The molecule has 2 atom stereocenters. The van der Waals surface area contributed by atoms with Gasteiger partial charge in [-0.1, -0.05) is 0 Å². The van der Waals surface area contributed by atoms with Crippen LogP contribution in [0.2, 0.25) is 0 Å². The zero-order valence-corrected chi connectivity index (χ0v) is 15.0. The van der Waals surface area contributed by atoms with E-state index in [1.165, 1.54) is 12.1 Å². The van der Waals surface area contributed by atoms with Crippen molar-refractivity contribution in [1.82, 2.24) is 9.91 Å². The second-order valence-electron chi connectivity index (χ2n) is 6.65. The lowest BCUT2D eigenvalue weighted by Crippen LogP contribution is -2.43. The number of ether oxygens (including phenoxy) is 1. The van der Waals surface area contributed by atoms with Crippen LogP contribution in [0.4, 0.5) is 0 Å². The smallest absolute Gasteiger partial charge is 0.323 e. The number of hydrogen-bond donors (Lipinski definition) is 0. The molecule has 0 aliphatic carbocycles. The summed E-state index contributed by atoms with van der Waals surface area (Å²) in [5.74, 6) is 0.813. The molecule has 0 saturated carbocycles. The average molecular weight is 371 g/mol. The molecule has 2 unspecified atom stereocenters. The van der Waals surface area contributed by atoms with E-state index in [0.29, 0.717) is 36.6 Å². The molecule has 1 fully saturated rings. The quantitative estimate of drug-likeness (QED) is 0.749. The molecule has 8 nitrogen and oxygen atoms in total. The third-order valence-electron chi connectivity index (χ3n) is 5.02. The van der Waals surface area contributed by atoms with Gasteiger partial charge in [0.25, 0.3) is 5.91 Å². The van der Waals surface area contributed by atoms with Gasteiger partial charge < -0.3 is 13.6 Å². The van der Waals surface area contributed by atoms with Crippen LogP contribution in [0.25, 0.3) is 0 Å². The van der Waals surface area contributed by atoms with Gasteiger partial charge in [-0.05, 0) is 43.7 Å². The Hall–Kier alpha value is -2.87. The normalized spacial score (nSPS) is 22.9. The Morgan fingerprint density at radius 1 is 1.26 bits per heavy atom. The maximum absolute atomic E-state index is 13.0. The van der Waals surface area contributed by atoms with E-state index in [2.05, 4.69) is 5.10 Å². The monoisotopic (exact) mass is 371 g/mol. The first-order chi connectivity index (χ1) is 13.2. The minimum absolute atomic E-state index is 0.103. The lowest BCUT2D eigenvalue weighted by molar-refractivity contribution is -0.147. The number of nitrogens with zero attached hydrogens (tertiary/aromatic N) is 3. The number of carbonyl (C=O) groups excluding carboxylic acids is 2. The van der Waals surface area contributed by atoms with Crippen LogP contribution < -0.4 is 0 Å². The molecule has 0 N–H and O–H groups in total. The summed E-state index contributed by atoms with van der Waals surface area (Å²) in [7, 11) is 1.37. The Morgan fingerprint density at radius 3 is 2.78 bits per heavy atom. The molecule has 0 radical (unpaired) electrons. The van der Waals surface area contributed by atoms with Crippen LogP contribution in [0.1, 0.15) is 36.8 Å². The molecule has 1 saturated heterocycles. The number of hydrogen-bond acceptors (Lipinski definition) is 7. The molecule has 0 aromatic carbocycles. The van der Waals surface area contributed by atoms with Crippen molar-refractivity contribution in [1.29, 1.82) is 0 Å². The van der Waals surface area contributed by atoms with Gasteiger partial charge in [-0.2, -0.15) is 5.10 Å². The lowest BCUT2D eigenvalue weighted by atomic mass is 10.1. The molecular formula is C19H21N3O5. The Balaban J connectivity index is 1.55. The first kappa shape index (κ1) is 17.5. The van der Waals surface area contributed by atoms with Gasteiger partial charge in [-0.25, -0.2) is 5.01 Å². The fourth-order valence-corrected chi connectivity index (χ4v) is 3.70. The Kier molecular flexibility index (Phi) is 4.81. The maximum atomic E-state index is 13.0. The van der Waals surface area contributed by atoms with Crippen molar-refractivity contribution in [2.75, 3.05) is 20.2 Å². The van der Waals surface area contributed by atoms with Gasteiger partial charge in [0.1, 0.15) is 29.3 Å². The third kappa shape index (κ3) is 3.40. The van der Waals surface area contributed by atoms with Gasteiger partial charge in [-0.3, -0.25) is 14.5 Å². The predicted octanol–water partition coefficient (Wildman–Crippen LogP) is 2.19. The highest BCUT2D eigenvalue weighted by atomic mass is 16.5. The van der Waals surface area contributed by atoms with Crippen LogP contribution in [-0.4, -0.2) is 53.7 Å². The van der Waals surface area contributed by atoms with E-state index in [0.717, 1.165) is 6.42 Å². The van der Waals surface area contributed by atoms with Gasteiger partial charge >= 0.3 is 5.97 Å². The van der Waals surface area contributed by atoms with Crippen LogP contribution in [0.3, 0.4) is 0 Å². The summed E-state index contributed by atoms with van der Waals surface area (Å²) in [4.78, 5) is 26.8. The first-order valence-electron chi connectivity index (χ1n) is 8.96. The van der Waals surface area contributed by atoms with Gasteiger partial charge in [0.15, 0.2) is 0 Å². The van der Waals surface area contributed by atoms with Crippen LogP contribution in [0.15, 0.2) is 50.7 Å². The first-order valence-corrected chi connectivity index (χ1v) is 8.96. The van der Waals surface area contributed by atoms with Gasteiger partial charge in [0.05, 0.1) is 26.2 Å². The number of amides is 1. The molecule has 2 aliphatic rings. The van der Waals surface area contributed by atoms with Crippen molar-refractivity contribution < 1.29 is 23.2 Å². The summed E-state index contributed by atoms with van der Waals surface area (Å²) < 4.78 is 15.8. The van der Waals surface area contributed by atoms with E-state index in [4.69, 9.17) is 13.6 Å². The Bertz CT molecular complexity index is 828. The highest BCUT2D eigenvalue weighted by molar-refractivity contribution is 6.01. The van der Waals surface area contributed by atoms with Crippen molar-refractivity contribution in [3.63, 3.8) is 0 Å².